The van der Waals surface area contributed by atoms with Crippen LogP contribution in [0.25, 0.3) is 0 Å². The number of carboxylic acids is 1. The van der Waals surface area contributed by atoms with E-state index in [-0.39, 0.29) is 18.5 Å². The van der Waals surface area contributed by atoms with E-state index in [4.69, 9.17) is 5.11 Å². The molecule has 0 bridgehead atoms. The standard InChI is InChI=1S/C13H26N2O3/c1-9(2)10(3)8-14-13(18)15-11(4)6-5-7-12(16)17/h9-11H,5-8H2,1-4H3,(H,16,17)(H2,14,15,18). The van der Waals surface area contributed by atoms with Crippen LogP contribution in [0, 0.1) is 11.8 Å². The van der Waals surface area contributed by atoms with Crippen molar-refractivity contribution in [1.82, 2.24) is 10.6 Å². The minimum atomic E-state index is -0.794. The van der Waals surface area contributed by atoms with E-state index in [0.29, 0.717) is 31.2 Å². The van der Waals surface area contributed by atoms with Crippen LogP contribution in [0.2, 0.25) is 0 Å². The molecule has 0 aromatic heterocycles. The van der Waals surface area contributed by atoms with Gasteiger partial charge in [0.25, 0.3) is 0 Å². The lowest BCUT2D eigenvalue weighted by Crippen LogP contribution is -2.42. The lowest BCUT2D eigenvalue weighted by atomic mass is 9.98. The highest BCUT2D eigenvalue weighted by Gasteiger charge is 2.11. The van der Waals surface area contributed by atoms with Crippen LogP contribution in [0.1, 0.15) is 47.0 Å². The third-order valence-electron chi connectivity index (χ3n) is 3.13. The molecule has 0 aromatic rings. The fourth-order valence-corrected chi connectivity index (χ4v) is 1.40. The lowest BCUT2D eigenvalue weighted by molar-refractivity contribution is -0.137. The Morgan fingerprint density at radius 2 is 1.78 bits per heavy atom. The van der Waals surface area contributed by atoms with E-state index in [1.807, 2.05) is 6.92 Å². The monoisotopic (exact) mass is 258 g/mol. The zero-order valence-electron chi connectivity index (χ0n) is 11.8. The van der Waals surface area contributed by atoms with Crippen LogP contribution < -0.4 is 10.6 Å². The van der Waals surface area contributed by atoms with Gasteiger partial charge in [0.1, 0.15) is 0 Å². The summed E-state index contributed by atoms with van der Waals surface area (Å²) >= 11 is 0. The second-order valence-electron chi connectivity index (χ2n) is 5.26. The zero-order chi connectivity index (χ0) is 14.1. The summed E-state index contributed by atoms with van der Waals surface area (Å²) in [5.74, 6) is 0.189. The van der Waals surface area contributed by atoms with Crippen molar-refractivity contribution >= 4 is 12.0 Å². The quantitative estimate of drug-likeness (QED) is 0.624. The first-order chi connectivity index (χ1) is 8.32. The molecule has 5 heteroatoms. The predicted octanol–water partition coefficient (Wildman–Crippen LogP) is 2.22. The number of rotatable bonds is 8. The molecule has 0 aliphatic rings. The largest absolute Gasteiger partial charge is 0.481 e. The predicted molar refractivity (Wildman–Crippen MR) is 71.5 cm³/mol. The Bertz CT molecular complexity index is 267. The highest BCUT2D eigenvalue weighted by molar-refractivity contribution is 5.74. The summed E-state index contributed by atoms with van der Waals surface area (Å²) < 4.78 is 0. The number of carbonyl (C=O) groups excluding carboxylic acids is 1. The summed E-state index contributed by atoms with van der Waals surface area (Å²) in [6, 6.07) is -0.177. The lowest BCUT2D eigenvalue weighted by Gasteiger charge is -2.18. The molecule has 0 aliphatic heterocycles. The average Bonchev–Trinajstić information content (AvgIpc) is 2.24. The summed E-state index contributed by atoms with van der Waals surface area (Å²) in [4.78, 5) is 21.9. The molecule has 5 nitrogen and oxygen atoms in total. The van der Waals surface area contributed by atoms with Gasteiger partial charge in [-0.2, -0.15) is 0 Å². The third-order valence-corrected chi connectivity index (χ3v) is 3.13. The number of nitrogens with one attached hydrogen (secondary N) is 2. The maximum Gasteiger partial charge on any atom is 0.315 e. The van der Waals surface area contributed by atoms with Gasteiger partial charge in [0.05, 0.1) is 0 Å². The van der Waals surface area contributed by atoms with Gasteiger partial charge in [0.2, 0.25) is 0 Å². The molecule has 0 saturated heterocycles. The van der Waals surface area contributed by atoms with Crippen LogP contribution in [0.3, 0.4) is 0 Å². The van der Waals surface area contributed by atoms with Crippen molar-refractivity contribution in [2.45, 2.75) is 53.0 Å². The number of carbonyl (C=O) groups is 2. The van der Waals surface area contributed by atoms with Gasteiger partial charge in [-0.3, -0.25) is 4.79 Å². The highest BCUT2D eigenvalue weighted by atomic mass is 16.4. The van der Waals surface area contributed by atoms with Gasteiger partial charge in [-0.15, -0.1) is 0 Å². The van der Waals surface area contributed by atoms with Gasteiger partial charge in [-0.25, -0.2) is 4.79 Å². The third kappa shape index (κ3) is 8.84. The van der Waals surface area contributed by atoms with Gasteiger partial charge < -0.3 is 15.7 Å². The molecule has 106 valence electrons. The van der Waals surface area contributed by atoms with E-state index < -0.39 is 5.97 Å². The van der Waals surface area contributed by atoms with E-state index in [9.17, 15) is 9.59 Å². The second kappa shape index (κ2) is 8.78. The molecule has 2 unspecified atom stereocenters. The Kier molecular flexibility index (Phi) is 8.16. The van der Waals surface area contributed by atoms with E-state index in [0.717, 1.165) is 0 Å². The second-order valence-corrected chi connectivity index (χ2v) is 5.26. The topological polar surface area (TPSA) is 78.4 Å². The van der Waals surface area contributed by atoms with Crippen LogP contribution in [-0.4, -0.2) is 29.7 Å². The molecular weight excluding hydrogens is 232 g/mol. The Morgan fingerprint density at radius 3 is 2.28 bits per heavy atom. The Hall–Kier alpha value is -1.26. The first-order valence-electron chi connectivity index (χ1n) is 6.59. The first-order valence-corrected chi connectivity index (χ1v) is 6.59. The van der Waals surface area contributed by atoms with E-state index >= 15 is 0 Å². The molecule has 18 heavy (non-hydrogen) atoms. The molecule has 0 heterocycles. The van der Waals surface area contributed by atoms with Crippen LogP contribution in [0.4, 0.5) is 4.79 Å². The number of urea groups is 1. The molecule has 0 aromatic carbocycles. The van der Waals surface area contributed by atoms with Gasteiger partial charge in [-0.1, -0.05) is 20.8 Å². The highest BCUT2D eigenvalue weighted by Crippen LogP contribution is 2.07. The smallest absolute Gasteiger partial charge is 0.315 e. The van der Waals surface area contributed by atoms with Gasteiger partial charge >= 0.3 is 12.0 Å². The molecule has 0 aliphatic carbocycles. The van der Waals surface area contributed by atoms with Crippen LogP contribution in [0.5, 0.6) is 0 Å². The summed E-state index contributed by atoms with van der Waals surface area (Å²) in [6.45, 7) is 8.89. The molecule has 3 N–H and O–H groups in total. The molecular formula is C13H26N2O3. The SMILES string of the molecule is CC(CCCC(=O)O)NC(=O)NCC(C)C(C)C. The van der Waals surface area contributed by atoms with Crippen molar-refractivity contribution in [2.24, 2.45) is 11.8 Å². The molecule has 2 amide bonds. The maximum atomic E-state index is 11.5. The summed E-state index contributed by atoms with van der Waals surface area (Å²) in [7, 11) is 0. The van der Waals surface area contributed by atoms with Crippen molar-refractivity contribution in [3.8, 4) is 0 Å². The minimum absolute atomic E-state index is 0.00120. The number of hydrogen-bond acceptors (Lipinski definition) is 2. The van der Waals surface area contributed by atoms with E-state index in [2.05, 4.69) is 31.4 Å². The van der Waals surface area contributed by atoms with Crippen molar-refractivity contribution in [3.05, 3.63) is 0 Å². The van der Waals surface area contributed by atoms with Gasteiger partial charge in [-0.05, 0) is 31.6 Å². The van der Waals surface area contributed by atoms with Crippen molar-refractivity contribution in [3.63, 3.8) is 0 Å². The molecule has 0 fully saturated rings. The average molecular weight is 258 g/mol. The number of aliphatic carboxylic acids is 1. The normalized spacial score (nSPS) is 14.1. The van der Waals surface area contributed by atoms with Gasteiger partial charge in [0.15, 0.2) is 0 Å². The van der Waals surface area contributed by atoms with Gasteiger partial charge in [0, 0.05) is 19.0 Å². The van der Waals surface area contributed by atoms with Crippen molar-refractivity contribution in [2.75, 3.05) is 6.54 Å². The Morgan fingerprint density at radius 1 is 1.17 bits per heavy atom. The number of carboxylic acid groups (broad SMARTS) is 1. The Labute approximate surface area is 109 Å². The van der Waals surface area contributed by atoms with Crippen LogP contribution in [0.15, 0.2) is 0 Å². The fraction of sp³-hybridized carbons (Fsp3) is 0.846. The van der Waals surface area contributed by atoms with E-state index in [1.54, 1.807) is 0 Å². The molecule has 0 spiro atoms. The molecule has 0 saturated carbocycles. The first kappa shape index (κ1) is 16.7. The van der Waals surface area contributed by atoms with Crippen molar-refractivity contribution in [1.29, 1.82) is 0 Å². The molecule has 0 radical (unpaired) electrons. The number of hydrogen-bond donors (Lipinski definition) is 3. The van der Waals surface area contributed by atoms with Crippen molar-refractivity contribution < 1.29 is 14.7 Å². The summed E-state index contributed by atoms with van der Waals surface area (Å²) in [6.07, 6.45) is 1.41. The fourth-order valence-electron chi connectivity index (χ4n) is 1.40. The molecule has 2 atom stereocenters. The molecule has 0 rings (SSSR count). The summed E-state index contributed by atoms with van der Waals surface area (Å²) in [5, 5.41) is 14.1. The zero-order valence-corrected chi connectivity index (χ0v) is 11.8. The van der Waals surface area contributed by atoms with Crippen LogP contribution >= 0.6 is 0 Å². The summed E-state index contributed by atoms with van der Waals surface area (Å²) in [5.41, 5.74) is 0. The maximum absolute atomic E-state index is 11.5. The van der Waals surface area contributed by atoms with Crippen LogP contribution in [-0.2, 0) is 4.79 Å². The van der Waals surface area contributed by atoms with E-state index in [1.165, 1.54) is 0 Å². The minimum Gasteiger partial charge on any atom is -0.481 e. The number of amides is 2. The Balaban J connectivity index is 3.70.